The predicted molar refractivity (Wildman–Crippen MR) is 61.1 cm³/mol. The average molecular weight is 229 g/mol. The predicted octanol–water partition coefficient (Wildman–Crippen LogP) is 3.34. The van der Waals surface area contributed by atoms with Gasteiger partial charge in [0.2, 0.25) is 0 Å². The number of rotatable bonds is 1. The number of benzene rings is 2. The summed E-state index contributed by atoms with van der Waals surface area (Å²) >= 11 is 0. The van der Waals surface area contributed by atoms with Gasteiger partial charge in [0.1, 0.15) is 17.3 Å². The fourth-order valence-corrected chi connectivity index (χ4v) is 1.74. The van der Waals surface area contributed by atoms with E-state index in [2.05, 4.69) is 5.16 Å². The molecule has 0 radical (unpaired) electrons. The Morgan fingerprint density at radius 2 is 1.82 bits per heavy atom. The zero-order valence-electron chi connectivity index (χ0n) is 8.72. The van der Waals surface area contributed by atoms with Crippen LogP contribution >= 0.6 is 0 Å². The van der Waals surface area contributed by atoms with Gasteiger partial charge >= 0.3 is 0 Å². The molecule has 0 aliphatic heterocycles. The second kappa shape index (κ2) is 3.59. The lowest BCUT2D eigenvalue weighted by Crippen LogP contribution is -1.79. The number of nitrogens with zero attached hydrogens (tertiary/aromatic N) is 1. The van der Waals surface area contributed by atoms with Crippen LogP contribution < -0.4 is 0 Å². The van der Waals surface area contributed by atoms with Crippen LogP contribution in [0.3, 0.4) is 0 Å². The molecule has 1 aromatic heterocycles. The summed E-state index contributed by atoms with van der Waals surface area (Å²) in [5, 5.41) is 14.0. The number of phenols is 1. The molecule has 0 bridgehead atoms. The van der Waals surface area contributed by atoms with Crippen molar-refractivity contribution in [1.29, 1.82) is 0 Å². The van der Waals surface area contributed by atoms with Gasteiger partial charge in [-0.25, -0.2) is 4.39 Å². The second-order valence-corrected chi connectivity index (χ2v) is 3.72. The van der Waals surface area contributed by atoms with Crippen molar-refractivity contribution < 1.29 is 14.0 Å². The highest BCUT2D eigenvalue weighted by Crippen LogP contribution is 2.29. The van der Waals surface area contributed by atoms with Crippen LogP contribution in [0.25, 0.3) is 22.2 Å². The summed E-state index contributed by atoms with van der Waals surface area (Å²) in [6.07, 6.45) is 0. The summed E-state index contributed by atoms with van der Waals surface area (Å²) in [6, 6.07) is 10.8. The largest absolute Gasteiger partial charge is 0.508 e. The van der Waals surface area contributed by atoms with Gasteiger partial charge in [-0.2, -0.15) is 0 Å². The van der Waals surface area contributed by atoms with Crippen LogP contribution in [0.4, 0.5) is 4.39 Å². The monoisotopic (exact) mass is 229 g/mol. The lowest BCUT2D eigenvalue weighted by molar-refractivity contribution is 0.451. The van der Waals surface area contributed by atoms with Crippen molar-refractivity contribution in [3.8, 4) is 17.0 Å². The van der Waals surface area contributed by atoms with Crippen molar-refractivity contribution in [1.82, 2.24) is 5.16 Å². The molecule has 2 aromatic carbocycles. The molecule has 0 aliphatic carbocycles. The standard InChI is InChI=1S/C13H8FNO2/c14-9-3-1-8(2-4-9)13-11-6-5-10(16)7-12(11)17-15-13/h1-7,16H. The molecule has 0 saturated carbocycles. The van der Waals surface area contributed by atoms with Gasteiger partial charge in [-0.3, -0.25) is 0 Å². The first-order valence-electron chi connectivity index (χ1n) is 5.08. The molecule has 3 aromatic rings. The van der Waals surface area contributed by atoms with Gasteiger partial charge in [0.05, 0.1) is 0 Å². The molecule has 0 fully saturated rings. The third kappa shape index (κ3) is 1.63. The van der Waals surface area contributed by atoms with E-state index in [1.54, 1.807) is 24.3 Å². The Morgan fingerprint density at radius 3 is 2.59 bits per heavy atom. The van der Waals surface area contributed by atoms with Gasteiger partial charge in [-0.05, 0) is 36.4 Å². The maximum absolute atomic E-state index is 12.8. The van der Waals surface area contributed by atoms with Gasteiger partial charge in [-0.1, -0.05) is 5.16 Å². The second-order valence-electron chi connectivity index (χ2n) is 3.72. The molecule has 84 valence electrons. The molecule has 1 heterocycles. The van der Waals surface area contributed by atoms with Gasteiger partial charge in [0.25, 0.3) is 0 Å². The van der Waals surface area contributed by atoms with E-state index in [1.165, 1.54) is 18.2 Å². The zero-order valence-corrected chi connectivity index (χ0v) is 8.72. The Kier molecular flexibility index (Phi) is 2.08. The molecule has 3 nitrogen and oxygen atoms in total. The quantitative estimate of drug-likeness (QED) is 0.696. The minimum Gasteiger partial charge on any atom is -0.508 e. The van der Waals surface area contributed by atoms with E-state index in [4.69, 9.17) is 4.52 Å². The minimum absolute atomic E-state index is 0.124. The van der Waals surface area contributed by atoms with Crippen molar-refractivity contribution in [3.63, 3.8) is 0 Å². The van der Waals surface area contributed by atoms with Gasteiger partial charge in [-0.15, -0.1) is 0 Å². The van der Waals surface area contributed by atoms with Crippen LogP contribution in [0, 0.1) is 5.82 Å². The zero-order chi connectivity index (χ0) is 11.8. The summed E-state index contributed by atoms with van der Waals surface area (Å²) in [5.41, 5.74) is 1.92. The van der Waals surface area contributed by atoms with Gasteiger partial charge in [0.15, 0.2) is 5.58 Å². The summed E-state index contributed by atoms with van der Waals surface area (Å²) in [4.78, 5) is 0. The number of phenolic OH excluding ortho intramolecular Hbond substituents is 1. The number of aromatic nitrogens is 1. The third-order valence-electron chi connectivity index (χ3n) is 2.57. The fraction of sp³-hybridized carbons (Fsp3) is 0. The van der Waals surface area contributed by atoms with Crippen molar-refractivity contribution in [2.24, 2.45) is 0 Å². The fourth-order valence-electron chi connectivity index (χ4n) is 1.74. The van der Waals surface area contributed by atoms with E-state index >= 15 is 0 Å². The van der Waals surface area contributed by atoms with Crippen molar-refractivity contribution in [3.05, 3.63) is 48.3 Å². The molecule has 4 heteroatoms. The average Bonchev–Trinajstić information content (AvgIpc) is 2.73. The normalized spacial score (nSPS) is 10.9. The highest BCUT2D eigenvalue weighted by Gasteiger charge is 2.10. The highest BCUT2D eigenvalue weighted by atomic mass is 19.1. The molecule has 0 atom stereocenters. The Balaban J connectivity index is 2.21. The smallest absolute Gasteiger partial charge is 0.171 e. The Bertz CT molecular complexity index is 673. The van der Waals surface area contributed by atoms with E-state index in [0.29, 0.717) is 11.3 Å². The highest BCUT2D eigenvalue weighted by molar-refractivity contribution is 5.92. The molecule has 0 saturated heterocycles. The Labute approximate surface area is 96.1 Å². The van der Waals surface area contributed by atoms with Crippen molar-refractivity contribution >= 4 is 11.0 Å². The Hall–Kier alpha value is -2.36. The molecule has 0 unspecified atom stereocenters. The van der Waals surface area contributed by atoms with Crippen LogP contribution in [0.2, 0.25) is 0 Å². The number of hydrogen-bond acceptors (Lipinski definition) is 3. The van der Waals surface area contributed by atoms with E-state index in [0.717, 1.165) is 10.9 Å². The topological polar surface area (TPSA) is 46.3 Å². The number of aromatic hydroxyl groups is 1. The summed E-state index contributed by atoms with van der Waals surface area (Å²) in [6.45, 7) is 0. The molecule has 3 rings (SSSR count). The molecular formula is C13H8FNO2. The van der Waals surface area contributed by atoms with Gasteiger partial charge < -0.3 is 9.63 Å². The first kappa shape index (κ1) is 9.84. The van der Waals surface area contributed by atoms with E-state index < -0.39 is 0 Å². The summed E-state index contributed by atoms with van der Waals surface area (Å²) < 4.78 is 17.9. The molecule has 1 N–H and O–H groups in total. The van der Waals surface area contributed by atoms with Crippen molar-refractivity contribution in [2.45, 2.75) is 0 Å². The lowest BCUT2D eigenvalue weighted by Gasteiger charge is -1.96. The molecular weight excluding hydrogens is 221 g/mol. The van der Waals surface area contributed by atoms with E-state index in [-0.39, 0.29) is 11.6 Å². The first-order valence-corrected chi connectivity index (χ1v) is 5.08. The van der Waals surface area contributed by atoms with E-state index in [9.17, 15) is 9.50 Å². The molecule has 17 heavy (non-hydrogen) atoms. The lowest BCUT2D eigenvalue weighted by atomic mass is 10.1. The third-order valence-corrected chi connectivity index (χ3v) is 2.57. The number of fused-ring (bicyclic) bond motifs is 1. The SMILES string of the molecule is Oc1ccc2c(-c3ccc(F)cc3)noc2c1. The molecule has 0 aliphatic rings. The summed E-state index contributed by atoms with van der Waals surface area (Å²) in [5.74, 6) is -0.168. The Morgan fingerprint density at radius 1 is 1.06 bits per heavy atom. The molecule has 0 amide bonds. The maximum Gasteiger partial charge on any atom is 0.171 e. The first-order chi connectivity index (χ1) is 8.24. The molecule has 0 spiro atoms. The van der Waals surface area contributed by atoms with Crippen LogP contribution in [-0.2, 0) is 0 Å². The number of halogens is 1. The van der Waals surface area contributed by atoms with Crippen LogP contribution in [0.1, 0.15) is 0 Å². The van der Waals surface area contributed by atoms with Crippen LogP contribution in [0.15, 0.2) is 47.0 Å². The summed E-state index contributed by atoms with van der Waals surface area (Å²) in [7, 11) is 0. The van der Waals surface area contributed by atoms with Crippen LogP contribution in [0.5, 0.6) is 5.75 Å². The van der Waals surface area contributed by atoms with Crippen molar-refractivity contribution in [2.75, 3.05) is 0 Å². The van der Waals surface area contributed by atoms with E-state index in [1.807, 2.05) is 0 Å². The number of hydrogen-bond donors (Lipinski definition) is 1. The van der Waals surface area contributed by atoms with Crippen LogP contribution in [-0.4, -0.2) is 10.3 Å². The minimum atomic E-state index is -0.292. The maximum atomic E-state index is 12.8. The van der Waals surface area contributed by atoms with Gasteiger partial charge in [0, 0.05) is 17.0 Å².